The van der Waals surface area contributed by atoms with Crippen LogP contribution < -0.4 is 15.4 Å². The van der Waals surface area contributed by atoms with Crippen molar-refractivity contribution in [3.8, 4) is 5.75 Å². The lowest BCUT2D eigenvalue weighted by Crippen LogP contribution is -2.17. The van der Waals surface area contributed by atoms with Gasteiger partial charge in [-0.2, -0.15) is 0 Å². The van der Waals surface area contributed by atoms with Gasteiger partial charge in [0.2, 0.25) is 0 Å². The summed E-state index contributed by atoms with van der Waals surface area (Å²) in [5, 5.41) is 6.14. The Hall–Kier alpha value is -2.60. The van der Waals surface area contributed by atoms with Crippen molar-refractivity contribution in [2.45, 2.75) is 6.42 Å². The van der Waals surface area contributed by atoms with E-state index < -0.39 is 0 Å². The van der Waals surface area contributed by atoms with Gasteiger partial charge in [-0.1, -0.05) is 12.1 Å². The molecule has 1 heterocycles. The van der Waals surface area contributed by atoms with Gasteiger partial charge in [0.15, 0.2) is 0 Å². The molecular weight excluding hydrogens is 304 g/mol. The van der Waals surface area contributed by atoms with Crippen LogP contribution in [-0.4, -0.2) is 50.1 Å². The third-order valence-corrected chi connectivity index (χ3v) is 3.46. The first kappa shape index (κ1) is 17.7. The Morgan fingerprint density at radius 2 is 2.04 bits per heavy atom. The summed E-state index contributed by atoms with van der Waals surface area (Å²) in [6.45, 7) is 1.86. The molecule has 0 aliphatic heterocycles. The fourth-order valence-corrected chi connectivity index (χ4v) is 2.23. The van der Waals surface area contributed by atoms with E-state index in [2.05, 4.69) is 20.5 Å². The van der Waals surface area contributed by atoms with Gasteiger partial charge in [-0.3, -0.25) is 9.78 Å². The topological polar surface area (TPSA) is 66.5 Å². The highest BCUT2D eigenvalue weighted by molar-refractivity contribution is 6.04. The van der Waals surface area contributed by atoms with Gasteiger partial charge in [0.1, 0.15) is 11.4 Å². The average Bonchev–Trinajstić information content (AvgIpc) is 2.59. The van der Waals surface area contributed by atoms with Gasteiger partial charge in [0.25, 0.3) is 5.91 Å². The van der Waals surface area contributed by atoms with Crippen LogP contribution in [0.15, 0.2) is 42.6 Å². The SMILES string of the molecule is COc1ccccc1NC(=O)c1cc(NCCCN(C)C)ccn1. The zero-order valence-corrected chi connectivity index (χ0v) is 14.4. The maximum absolute atomic E-state index is 12.4. The Labute approximate surface area is 142 Å². The minimum atomic E-state index is -0.267. The molecule has 2 aromatic rings. The van der Waals surface area contributed by atoms with Crippen LogP contribution in [-0.2, 0) is 0 Å². The maximum Gasteiger partial charge on any atom is 0.274 e. The van der Waals surface area contributed by atoms with Gasteiger partial charge in [0.05, 0.1) is 12.8 Å². The molecule has 1 aromatic carbocycles. The molecule has 128 valence electrons. The third kappa shape index (κ3) is 5.24. The Morgan fingerprint density at radius 1 is 1.25 bits per heavy atom. The number of anilines is 2. The standard InChI is InChI=1S/C18H24N4O2/c1-22(2)12-6-10-19-14-9-11-20-16(13-14)18(23)21-15-7-4-5-8-17(15)24-3/h4-5,7-9,11,13H,6,10,12H2,1-3H3,(H,19,20)(H,21,23). The van der Waals surface area contributed by atoms with E-state index in [0.29, 0.717) is 17.1 Å². The van der Waals surface area contributed by atoms with E-state index in [1.165, 1.54) is 0 Å². The number of pyridine rings is 1. The highest BCUT2D eigenvalue weighted by atomic mass is 16.5. The van der Waals surface area contributed by atoms with Gasteiger partial charge in [-0.05, 0) is 51.3 Å². The minimum absolute atomic E-state index is 0.267. The molecule has 6 heteroatoms. The molecule has 0 fully saturated rings. The van der Waals surface area contributed by atoms with E-state index >= 15 is 0 Å². The number of rotatable bonds is 8. The van der Waals surface area contributed by atoms with Crippen molar-refractivity contribution in [2.24, 2.45) is 0 Å². The van der Waals surface area contributed by atoms with E-state index in [-0.39, 0.29) is 5.91 Å². The number of methoxy groups -OCH3 is 1. The molecule has 0 saturated carbocycles. The van der Waals surface area contributed by atoms with Crippen molar-refractivity contribution in [1.29, 1.82) is 0 Å². The fourth-order valence-electron chi connectivity index (χ4n) is 2.23. The van der Waals surface area contributed by atoms with Crippen LogP contribution in [0, 0.1) is 0 Å². The van der Waals surface area contributed by atoms with E-state index in [1.54, 1.807) is 31.5 Å². The number of aromatic nitrogens is 1. The smallest absolute Gasteiger partial charge is 0.274 e. The number of nitrogens with one attached hydrogen (secondary N) is 2. The summed E-state index contributed by atoms with van der Waals surface area (Å²) < 4.78 is 5.24. The monoisotopic (exact) mass is 328 g/mol. The second-order valence-corrected chi connectivity index (χ2v) is 5.67. The Kier molecular flexibility index (Phi) is 6.57. The number of nitrogens with zero attached hydrogens (tertiary/aromatic N) is 2. The van der Waals surface area contributed by atoms with Crippen LogP contribution in [0.3, 0.4) is 0 Å². The van der Waals surface area contributed by atoms with E-state index in [0.717, 1.165) is 25.2 Å². The molecule has 0 spiro atoms. The summed E-state index contributed by atoms with van der Waals surface area (Å²) in [7, 11) is 5.67. The summed E-state index contributed by atoms with van der Waals surface area (Å²) >= 11 is 0. The summed E-state index contributed by atoms with van der Waals surface area (Å²) in [6.07, 6.45) is 2.66. The summed E-state index contributed by atoms with van der Waals surface area (Å²) in [4.78, 5) is 18.7. The number of carbonyl (C=O) groups excluding carboxylic acids is 1. The maximum atomic E-state index is 12.4. The van der Waals surface area contributed by atoms with Crippen LogP contribution in [0.2, 0.25) is 0 Å². The predicted molar refractivity (Wildman–Crippen MR) is 96.8 cm³/mol. The van der Waals surface area contributed by atoms with Gasteiger partial charge < -0.3 is 20.3 Å². The molecule has 1 amide bonds. The highest BCUT2D eigenvalue weighted by Crippen LogP contribution is 2.23. The summed E-state index contributed by atoms with van der Waals surface area (Å²) in [6, 6.07) is 10.9. The lowest BCUT2D eigenvalue weighted by atomic mass is 10.2. The zero-order chi connectivity index (χ0) is 17.4. The average molecular weight is 328 g/mol. The molecule has 0 radical (unpaired) electrons. The molecule has 0 aliphatic rings. The lowest BCUT2D eigenvalue weighted by Gasteiger charge is -2.12. The van der Waals surface area contributed by atoms with Crippen molar-refractivity contribution in [3.63, 3.8) is 0 Å². The molecule has 2 rings (SSSR count). The van der Waals surface area contributed by atoms with Gasteiger partial charge >= 0.3 is 0 Å². The van der Waals surface area contributed by atoms with Crippen molar-refractivity contribution < 1.29 is 9.53 Å². The zero-order valence-electron chi connectivity index (χ0n) is 14.4. The van der Waals surface area contributed by atoms with Crippen LogP contribution in [0.1, 0.15) is 16.9 Å². The summed E-state index contributed by atoms with van der Waals surface area (Å²) in [5.41, 5.74) is 1.86. The van der Waals surface area contributed by atoms with Crippen molar-refractivity contribution >= 4 is 17.3 Å². The quantitative estimate of drug-likeness (QED) is 0.729. The van der Waals surface area contributed by atoms with Crippen LogP contribution in [0.5, 0.6) is 5.75 Å². The van der Waals surface area contributed by atoms with E-state index in [4.69, 9.17) is 4.74 Å². The molecule has 0 saturated heterocycles. The largest absolute Gasteiger partial charge is 0.495 e. The molecule has 0 aliphatic carbocycles. The molecule has 0 atom stereocenters. The number of hydrogen-bond donors (Lipinski definition) is 2. The first-order chi connectivity index (χ1) is 11.6. The molecule has 0 bridgehead atoms. The van der Waals surface area contributed by atoms with Crippen LogP contribution in [0.4, 0.5) is 11.4 Å². The first-order valence-corrected chi connectivity index (χ1v) is 7.89. The first-order valence-electron chi connectivity index (χ1n) is 7.89. The minimum Gasteiger partial charge on any atom is -0.495 e. The lowest BCUT2D eigenvalue weighted by molar-refractivity contribution is 0.102. The molecule has 0 unspecified atom stereocenters. The summed E-state index contributed by atoms with van der Waals surface area (Å²) in [5.74, 6) is 0.347. The Morgan fingerprint density at radius 3 is 2.79 bits per heavy atom. The number of para-hydroxylation sites is 2. The Bertz CT molecular complexity index is 674. The number of carbonyl (C=O) groups is 1. The van der Waals surface area contributed by atoms with E-state index in [9.17, 15) is 4.79 Å². The third-order valence-electron chi connectivity index (χ3n) is 3.46. The van der Waals surface area contributed by atoms with Crippen LogP contribution >= 0.6 is 0 Å². The van der Waals surface area contributed by atoms with Gasteiger partial charge in [-0.15, -0.1) is 0 Å². The van der Waals surface area contributed by atoms with Crippen molar-refractivity contribution in [2.75, 3.05) is 44.9 Å². The van der Waals surface area contributed by atoms with E-state index in [1.807, 2.05) is 32.3 Å². The van der Waals surface area contributed by atoms with Crippen molar-refractivity contribution in [1.82, 2.24) is 9.88 Å². The molecule has 1 aromatic heterocycles. The van der Waals surface area contributed by atoms with Crippen molar-refractivity contribution in [3.05, 3.63) is 48.3 Å². The Balaban J connectivity index is 1.98. The normalized spacial score (nSPS) is 10.5. The highest BCUT2D eigenvalue weighted by Gasteiger charge is 2.11. The molecule has 2 N–H and O–H groups in total. The fraction of sp³-hybridized carbons (Fsp3) is 0.333. The predicted octanol–water partition coefficient (Wildman–Crippen LogP) is 2.71. The number of hydrogen-bond acceptors (Lipinski definition) is 5. The number of benzene rings is 1. The molecule has 6 nitrogen and oxygen atoms in total. The van der Waals surface area contributed by atoms with Gasteiger partial charge in [0, 0.05) is 18.4 Å². The molecular formula is C18H24N4O2. The second-order valence-electron chi connectivity index (χ2n) is 5.67. The second kappa shape index (κ2) is 8.88. The van der Waals surface area contributed by atoms with Gasteiger partial charge in [-0.25, -0.2) is 0 Å². The number of amides is 1. The number of ether oxygens (including phenoxy) is 1. The molecule has 24 heavy (non-hydrogen) atoms. The van der Waals surface area contributed by atoms with Crippen LogP contribution in [0.25, 0.3) is 0 Å².